The van der Waals surface area contributed by atoms with Crippen LogP contribution in [0, 0.1) is 0 Å². The third-order valence-corrected chi connectivity index (χ3v) is 6.83. The number of carboxylic acids is 1. The molecule has 0 saturated carbocycles. The summed E-state index contributed by atoms with van der Waals surface area (Å²) in [5, 5.41) is 14.1. The SMILES string of the molecule is NCCCC[C@H](NC(=O)CCc1ccc(-c2ccc(-c3ccccc3)cc2)cc1)C(=O)N[C@@H](CCC(=O)O)C(N)=O. The Morgan fingerprint density at radius 1 is 0.683 bits per heavy atom. The summed E-state index contributed by atoms with van der Waals surface area (Å²) in [6.07, 6.45) is 1.79. The number of carboxylic acid groups (broad SMARTS) is 1. The second kappa shape index (κ2) is 15.9. The second-order valence-electron chi connectivity index (χ2n) is 9.94. The molecule has 3 aromatic carbocycles. The molecular weight excluding hydrogens is 520 g/mol. The van der Waals surface area contributed by atoms with Crippen molar-refractivity contribution in [2.75, 3.05) is 6.54 Å². The number of hydrogen-bond donors (Lipinski definition) is 5. The number of carbonyl (C=O) groups excluding carboxylic acids is 3. The van der Waals surface area contributed by atoms with Crippen LogP contribution >= 0.6 is 0 Å². The molecule has 9 nitrogen and oxygen atoms in total. The van der Waals surface area contributed by atoms with Crippen LogP contribution in [0.25, 0.3) is 22.3 Å². The molecular formula is C32H38N4O5. The molecule has 3 aromatic rings. The maximum Gasteiger partial charge on any atom is 0.303 e. The minimum atomic E-state index is -1.14. The van der Waals surface area contributed by atoms with Crippen LogP contribution in [0.4, 0.5) is 0 Å². The second-order valence-corrected chi connectivity index (χ2v) is 9.94. The van der Waals surface area contributed by atoms with E-state index < -0.39 is 29.9 Å². The van der Waals surface area contributed by atoms with Crippen molar-refractivity contribution in [1.29, 1.82) is 0 Å². The van der Waals surface area contributed by atoms with Gasteiger partial charge in [-0.1, -0.05) is 78.9 Å². The van der Waals surface area contributed by atoms with Crippen LogP contribution in [-0.4, -0.2) is 47.4 Å². The van der Waals surface area contributed by atoms with E-state index in [-0.39, 0.29) is 25.2 Å². The highest BCUT2D eigenvalue weighted by Crippen LogP contribution is 2.25. The smallest absolute Gasteiger partial charge is 0.303 e. The van der Waals surface area contributed by atoms with Crippen molar-refractivity contribution < 1.29 is 24.3 Å². The zero-order chi connectivity index (χ0) is 29.6. The molecule has 0 unspecified atom stereocenters. The van der Waals surface area contributed by atoms with Gasteiger partial charge in [-0.25, -0.2) is 0 Å². The molecule has 0 saturated heterocycles. The van der Waals surface area contributed by atoms with Crippen LogP contribution in [0.5, 0.6) is 0 Å². The first kappa shape index (κ1) is 31.0. The van der Waals surface area contributed by atoms with E-state index in [9.17, 15) is 19.2 Å². The lowest BCUT2D eigenvalue weighted by atomic mass is 9.99. The number of benzene rings is 3. The van der Waals surface area contributed by atoms with E-state index in [0.717, 1.165) is 27.8 Å². The quantitative estimate of drug-likeness (QED) is 0.169. The van der Waals surface area contributed by atoms with Gasteiger partial charge in [-0.05, 0) is 66.5 Å². The van der Waals surface area contributed by atoms with E-state index in [2.05, 4.69) is 47.0 Å². The summed E-state index contributed by atoms with van der Waals surface area (Å²) in [4.78, 5) is 48.2. The largest absolute Gasteiger partial charge is 0.481 e. The third kappa shape index (κ3) is 10.2. The Kier molecular flexibility index (Phi) is 12.1. The molecule has 216 valence electrons. The Bertz CT molecular complexity index is 1290. The number of aliphatic carboxylic acids is 1. The fourth-order valence-corrected chi connectivity index (χ4v) is 4.46. The highest BCUT2D eigenvalue weighted by Gasteiger charge is 2.25. The van der Waals surface area contributed by atoms with Gasteiger partial charge >= 0.3 is 5.97 Å². The minimum Gasteiger partial charge on any atom is -0.481 e. The van der Waals surface area contributed by atoms with Crippen LogP contribution in [0.3, 0.4) is 0 Å². The van der Waals surface area contributed by atoms with Crippen LogP contribution in [0.2, 0.25) is 0 Å². The third-order valence-electron chi connectivity index (χ3n) is 6.83. The average molecular weight is 559 g/mol. The molecule has 41 heavy (non-hydrogen) atoms. The van der Waals surface area contributed by atoms with Crippen molar-refractivity contribution in [3.63, 3.8) is 0 Å². The summed E-state index contributed by atoms with van der Waals surface area (Å²) < 4.78 is 0. The highest BCUT2D eigenvalue weighted by molar-refractivity contribution is 5.91. The Morgan fingerprint density at radius 2 is 1.24 bits per heavy atom. The number of amides is 3. The summed E-state index contributed by atoms with van der Waals surface area (Å²) in [7, 11) is 0. The van der Waals surface area contributed by atoms with Gasteiger partial charge in [0.15, 0.2) is 0 Å². The van der Waals surface area contributed by atoms with Crippen molar-refractivity contribution in [2.45, 2.75) is 57.0 Å². The van der Waals surface area contributed by atoms with Crippen molar-refractivity contribution in [3.8, 4) is 22.3 Å². The van der Waals surface area contributed by atoms with Crippen molar-refractivity contribution in [1.82, 2.24) is 10.6 Å². The lowest BCUT2D eigenvalue weighted by molar-refractivity contribution is -0.137. The standard InChI is InChI=1S/C32H38N4O5/c33-21-5-4-8-28(32(41)36-27(31(34)40)18-20-30(38)39)35-29(37)19-11-22-9-12-24(13-10-22)26-16-14-25(15-17-26)23-6-2-1-3-7-23/h1-3,6-7,9-10,12-17,27-28H,4-5,8,11,18-21,33H2,(H2,34,40)(H,35,37)(H,36,41)(H,38,39)/t27-,28-/m0/s1. The van der Waals surface area contributed by atoms with E-state index in [1.54, 1.807) is 0 Å². The first-order valence-corrected chi connectivity index (χ1v) is 13.8. The minimum absolute atomic E-state index is 0.132. The molecule has 0 spiro atoms. The van der Waals surface area contributed by atoms with E-state index in [1.165, 1.54) is 0 Å². The van der Waals surface area contributed by atoms with Gasteiger partial charge in [0.25, 0.3) is 0 Å². The number of primary amides is 1. The molecule has 9 heteroatoms. The van der Waals surface area contributed by atoms with Crippen LogP contribution in [-0.2, 0) is 25.6 Å². The molecule has 7 N–H and O–H groups in total. The van der Waals surface area contributed by atoms with Gasteiger partial charge in [0.2, 0.25) is 17.7 Å². The molecule has 3 amide bonds. The first-order valence-electron chi connectivity index (χ1n) is 13.8. The van der Waals surface area contributed by atoms with Crippen LogP contribution in [0.1, 0.15) is 44.1 Å². The van der Waals surface area contributed by atoms with Crippen LogP contribution < -0.4 is 22.1 Å². The summed E-state index contributed by atoms with van der Waals surface area (Å²) in [6.45, 7) is 0.442. The van der Waals surface area contributed by atoms with E-state index in [0.29, 0.717) is 32.2 Å². The summed E-state index contributed by atoms with van der Waals surface area (Å²) in [5.74, 6) is -2.82. The molecule has 3 rings (SSSR count). The molecule has 0 aliphatic rings. The number of aryl methyl sites for hydroxylation is 1. The van der Waals surface area contributed by atoms with Gasteiger partial charge < -0.3 is 27.2 Å². The zero-order valence-electron chi connectivity index (χ0n) is 23.1. The molecule has 0 bridgehead atoms. The maximum atomic E-state index is 12.9. The summed E-state index contributed by atoms with van der Waals surface area (Å²) >= 11 is 0. The maximum absolute atomic E-state index is 12.9. The van der Waals surface area contributed by atoms with E-state index >= 15 is 0 Å². The van der Waals surface area contributed by atoms with E-state index in [4.69, 9.17) is 16.6 Å². The monoisotopic (exact) mass is 558 g/mol. The Balaban J connectivity index is 1.56. The fourth-order valence-electron chi connectivity index (χ4n) is 4.46. The Hall–Kier alpha value is -4.50. The summed E-state index contributed by atoms with van der Waals surface area (Å²) in [6, 6.07) is 24.6. The Labute approximate surface area is 240 Å². The van der Waals surface area contributed by atoms with Gasteiger partial charge in [0, 0.05) is 12.8 Å². The highest BCUT2D eigenvalue weighted by atomic mass is 16.4. The number of carbonyl (C=O) groups is 4. The number of hydrogen-bond acceptors (Lipinski definition) is 5. The van der Waals surface area contributed by atoms with Crippen LogP contribution in [0.15, 0.2) is 78.9 Å². The van der Waals surface area contributed by atoms with Gasteiger partial charge in [-0.3, -0.25) is 19.2 Å². The number of nitrogens with one attached hydrogen (secondary N) is 2. The number of unbranched alkanes of at least 4 members (excludes halogenated alkanes) is 1. The molecule has 2 atom stereocenters. The summed E-state index contributed by atoms with van der Waals surface area (Å²) in [5.41, 5.74) is 16.4. The molecule has 0 aliphatic carbocycles. The van der Waals surface area contributed by atoms with E-state index in [1.807, 2.05) is 42.5 Å². The lowest BCUT2D eigenvalue weighted by Gasteiger charge is -2.22. The van der Waals surface area contributed by atoms with Gasteiger partial charge in [0.1, 0.15) is 12.1 Å². The first-order chi connectivity index (χ1) is 19.8. The Morgan fingerprint density at radius 3 is 1.78 bits per heavy atom. The molecule has 0 heterocycles. The topological polar surface area (TPSA) is 165 Å². The zero-order valence-corrected chi connectivity index (χ0v) is 23.1. The van der Waals surface area contributed by atoms with Gasteiger partial charge in [0.05, 0.1) is 0 Å². The predicted molar refractivity (Wildman–Crippen MR) is 158 cm³/mol. The predicted octanol–water partition coefficient (Wildman–Crippen LogP) is 3.40. The molecule has 0 radical (unpaired) electrons. The molecule has 0 fully saturated rings. The van der Waals surface area contributed by atoms with Gasteiger partial charge in [-0.15, -0.1) is 0 Å². The normalized spacial score (nSPS) is 12.2. The molecule has 0 aliphatic heterocycles. The van der Waals surface area contributed by atoms with Gasteiger partial charge in [-0.2, -0.15) is 0 Å². The fraction of sp³-hybridized carbons (Fsp3) is 0.312. The molecule has 0 aromatic heterocycles. The number of nitrogens with two attached hydrogens (primary N) is 2. The van der Waals surface area contributed by atoms with Crippen molar-refractivity contribution in [3.05, 3.63) is 84.4 Å². The number of rotatable bonds is 16. The van der Waals surface area contributed by atoms with Crippen molar-refractivity contribution in [2.24, 2.45) is 11.5 Å². The average Bonchev–Trinajstić information content (AvgIpc) is 2.98. The van der Waals surface area contributed by atoms with Crippen molar-refractivity contribution >= 4 is 23.7 Å². The lowest BCUT2D eigenvalue weighted by Crippen LogP contribution is -2.53.